The monoisotopic (exact) mass is 551 g/mol. The van der Waals surface area contributed by atoms with Gasteiger partial charge in [0.15, 0.2) is 0 Å². The van der Waals surface area contributed by atoms with Crippen molar-refractivity contribution in [2.75, 3.05) is 33.2 Å². The van der Waals surface area contributed by atoms with Crippen LogP contribution >= 0.6 is 0 Å². The van der Waals surface area contributed by atoms with Gasteiger partial charge in [-0.05, 0) is 60.4 Å². The molecule has 2 aromatic carbocycles. The fourth-order valence-electron chi connectivity index (χ4n) is 5.31. The van der Waals surface area contributed by atoms with Crippen LogP contribution in [0.4, 0.5) is 18.0 Å². The number of nitrogens with zero attached hydrogens (tertiary/aromatic N) is 4. The molecular weight excluding hydrogens is 519 g/mol. The summed E-state index contributed by atoms with van der Waals surface area (Å²) in [5, 5.41) is 3.48. The molecule has 2 fully saturated rings. The van der Waals surface area contributed by atoms with Gasteiger partial charge in [0.05, 0.1) is 17.3 Å². The van der Waals surface area contributed by atoms with E-state index >= 15 is 0 Å². The van der Waals surface area contributed by atoms with Crippen LogP contribution in [0.1, 0.15) is 34.5 Å². The minimum atomic E-state index is -4.38. The first-order valence-corrected chi connectivity index (χ1v) is 13.4. The third-order valence-corrected chi connectivity index (χ3v) is 7.74. The second kappa shape index (κ2) is 11.7. The maximum Gasteiger partial charge on any atom is 0.416 e. The van der Waals surface area contributed by atoms with Crippen molar-refractivity contribution in [1.29, 1.82) is 0 Å². The fourth-order valence-corrected chi connectivity index (χ4v) is 5.31. The minimum absolute atomic E-state index is 0.00591. The van der Waals surface area contributed by atoms with E-state index in [2.05, 4.69) is 10.3 Å². The summed E-state index contributed by atoms with van der Waals surface area (Å²) < 4.78 is 38.5. The van der Waals surface area contributed by atoms with E-state index in [9.17, 15) is 22.8 Å². The van der Waals surface area contributed by atoms with Crippen LogP contribution in [0, 0.1) is 0 Å². The molecule has 2 aliphatic heterocycles. The molecule has 2 aliphatic rings. The van der Waals surface area contributed by atoms with E-state index < -0.39 is 11.7 Å². The van der Waals surface area contributed by atoms with Gasteiger partial charge in [-0.3, -0.25) is 9.78 Å². The molecule has 0 bridgehead atoms. The Balaban J connectivity index is 1.12. The number of hydrogen-bond donors (Lipinski definition) is 1. The molecule has 3 heterocycles. The van der Waals surface area contributed by atoms with Crippen molar-refractivity contribution >= 4 is 11.9 Å². The van der Waals surface area contributed by atoms with Gasteiger partial charge >= 0.3 is 12.2 Å². The fraction of sp³-hybridized carbons (Fsp3) is 0.367. The number of urea groups is 1. The molecule has 1 aromatic heterocycles. The average molecular weight is 552 g/mol. The van der Waals surface area contributed by atoms with Crippen molar-refractivity contribution in [1.82, 2.24) is 25.0 Å². The Morgan fingerprint density at radius 2 is 1.57 bits per heavy atom. The number of carbonyl (C=O) groups excluding carboxylic acids is 2. The summed E-state index contributed by atoms with van der Waals surface area (Å²) in [6, 6.07) is 17.8. The Labute approximate surface area is 231 Å². The van der Waals surface area contributed by atoms with Crippen molar-refractivity contribution in [2.45, 2.75) is 37.6 Å². The number of carbonyl (C=O) groups is 2. The highest BCUT2D eigenvalue weighted by atomic mass is 19.4. The molecule has 0 radical (unpaired) electrons. The van der Waals surface area contributed by atoms with Crippen molar-refractivity contribution in [3.8, 4) is 11.1 Å². The number of pyridine rings is 1. The van der Waals surface area contributed by atoms with Gasteiger partial charge < -0.3 is 20.0 Å². The van der Waals surface area contributed by atoms with Gasteiger partial charge in [-0.1, -0.05) is 30.3 Å². The third kappa shape index (κ3) is 6.28. The summed E-state index contributed by atoms with van der Waals surface area (Å²) in [5.41, 5.74) is 2.13. The average Bonchev–Trinajstić information content (AvgIpc) is 3.66. The largest absolute Gasteiger partial charge is 0.416 e. The van der Waals surface area contributed by atoms with E-state index in [4.69, 9.17) is 0 Å². The molecule has 40 heavy (non-hydrogen) atoms. The van der Waals surface area contributed by atoms with Gasteiger partial charge in [-0.15, -0.1) is 0 Å². The summed E-state index contributed by atoms with van der Waals surface area (Å²) >= 11 is 0. The second-order valence-electron chi connectivity index (χ2n) is 10.4. The molecule has 0 unspecified atom stereocenters. The quantitative estimate of drug-likeness (QED) is 0.474. The zero-order valence-electron chi connectivity index (χ0n) is 22.3. The van der Waals surface area contributed by atoms with E-state index in [0.29, 0.717) is 50.3 Å². The number of likely N-dealkylation sites (N-methyl/N-ethyl adjacent to an activating group) is 1. The van der Waals surface area contributed by atoms with Gasteiger partial charge in [-0.25, -0.2) is 4.79 Å². The van der Waals surface area contributed by atoms with Crippen LogP contribution in [0.5, 0.6) is 0 Å². The highest BCUT2D eigenvalue weighted by molar-refractivity contribution is 5.95. The number of amides is 3. The number of hydrogen-bond acceptors (Lipinski definition) is 4. The Hall–Kier alpha value is -3.92. The first kappa shape index (κ1) is 27.6. The first-order valence-electron chi connectivity index (χ1n) is 13.4. The van der Waals surface area contributed by atoms with Crippen LogP contribution < -0.4 is 5.32 Å². The molecule has 3 amide bonds. The zero-order chi connectivity index (χ0) is 28.3. The van der Waals surface area contributed by atoms with Crippen molar-refractivity contribution < 1.29 is 22.8 Å². The van der Waals surface area contributed by atoms with E-state index in [0.717, 1.165) is 29.8 Å². The van der Waals surface area contributed by atoms with E-state index in [1.165, 1.54) is 12.1 Å². The van der Waals surface area contributed by atoms with Crippen LogP contribution in [0.25, 0.3) is 11.1 Å². The molecular formula is C30H32F3N5O2. The number of halogens is 3. The Morgan fingerprint density at radius 3 is 2.23 bits per heavy atom. The first-order chi connectivity index (χ1) is 19.2. The molecule has 2 saturated heterocycles. The van der Waals surface area contributed by atoms with E-state index in [1.807, 2.05) is 28.0 Å². The summed E-state index contributed by atoms with van der Waals surface area (Å²) in [6.07, 6.45) is -1.02. The normalized spacial score (nSPS) is 19.2. The molecule has 210 valence electrons. The summed E-state index contributed by atoms with van der Waals surface area (Å²) in [7, 11) is 1.75. The topological polar surface area (TPSA) is 68.8 Å². The molecule has 5 rings (SSSR count). The van der Waals surface area contributed by atoms with Crippen molar-refractivity contribution in [3.63, 3.8) is 0 Å². The molecule has 2 atom stereocenters. The third-order valence-electron chi connectivity index (χ3n) is 7.74. The molecule has 3 aromatic rings. The number of likely N-dealkylation sites (tertiary alicyclic amines) is 2. The van der Waals surface area contributed by atoms with Crippen LogP contribution in [0.2, 0.25) is 0 Å². The van der Waals surface area contributed by atoms with Crippen LogP contribution in [-0.2, 0) is 12.7 Å². The lowest BCUT2D eigenvalue weighted by Gasteiger charge is -2.27. The number of nitrogens with one attached hydrogen (secondary N) is 1. The molecule has 1 N–H and O–H groups in total. The summed E-state index contributed by atoms with van der Waals surface area (Å²) in [6.45, 7) is 3.08. The molecule has 7 nitrogen and oxygen atoms in total. The molecule has 0 saturated carbocycles. The SMILES string of the molecule is CN(C(=O)c1ccc(-c2ccc(C(F)(F)F)cc2)cc1)[C@H]1CCN(C(=O)N2CC[C@@H](NCc3ccccn3)C2)C1. The highest BCUT2D eigenvalue weighted by Gasteiger charge is 2.35. The number of aromatic nitrogens is 1. The van der Waals surface area contributed by atoms with E-state index in [1.54, 1.807) is 42.4 Å². The number of rotatable bonds is 6. The summed E-state index contributed by atoms with van der Waals surface area (Å²) in [4.78, 5) is 36.1. The van der Waals surface area contributed by atoms with Crippen molar-refractivity contribution in [3.05, 3.63) is 89.7 Å². The lowest BCUT2D eigenvalue weighted by Crippen LogP contribution is -2.45. The Kier molecular flexibility index (Phi) is 8.07. The molecule has 10 heteroatoms. The standard InChI is InChI=1S/C30H32F3N5O2/c1-36(28(39)23-7-5-21(6-8-23)22-9-11-24(12-10-22)30(31,32)33)27-14-17-38(20-27)29(40)37-16-13-26(19-37)35-18-25-4-2-3-15-34-25/h2-12,15,26-27,35H,13-14,16-20H2,1H3/t26-,27+/m1/s1. The lowest BCUT2D eigenvalue weighted by atomic mass is 10.0. The zero-order valence-corrected chi connectivity index (χ0v) is 22.3. The summed E-state index contributed by atoms with van der Waals surface area (Å²) in [5.74, 6) is -0.154. The predicted molar refractivity (Wildman–Crippen MR) is 145 cm³/mol. The Morgan fingerprint density at radius 1 is 0.925 bits per heavy atom. The van der Waals surface area contributed by atoms with Crippen LogP contribution in [0.15, 0.2) is 72.9 Å². The predicted octanol–water partition coefficient (Wildman–Crippen LogP) is 4.90. The van der Waals surface area contributed by atoms with Gasteiger partial charge in [0.2, 0.25) is 0 Å². The lowest BCUT2D eigenvalue weighted by molar-refractivity contribution is -0.137. The van der Waals surface area contributed by atoms with Gasteiger partial charge in [0.25, 0.3) is 5.91 Å². The van der Waals surface area contributed by atoms with Crippen LogP contribution in [-0.4, -0.2) is 76.9 Å². The maximum atomic E-state index is 13.2. The van der Waals surface area contributed by atoms with Crippen LogP contribution in [0.3, 0.4) is 0 Å². The minimum Gasteiger partial charge on any atom is -0.337 e. The van der Waals surface area contributed by atoms with Gasteiger partial charge in [0.1, 0.15) is 0 Å². The van der Waals surface area contributed by atoms with Gasteiger partial charge in [0, 0.05) is 57.6 Å². The number of alkyl halides is 3. The smallest absolute Gasteiger partial charge is 0.337 e. The maximum absolute atomic E-state index is 13.2. The molecule has 0 spiro atoms. The van der Waals surface area contributed by atoms with Crippen molar-refractivity contribution in [2.24, 2.45) is 0 Å². The van der Waals surface area contributed by atoms with E-state index in [-0.39, 0.29) is 24.0 Å². The Bertz CT molecular complexity index is 1320. The second-order valence-corrected chi connectivity index (χ2v) is 10.4. The highest BCUT2D eigenvalue weighted by Crippen LogP contribution is 2.31. The molecule has 0 aliphatic carbocycles. The number of benzene rings is 2. The van der Waals surface area contributed by atoms with Gasteiger partial charge in [-0.2, -0.15) is 13.2 Å².